The summed E-state index contributed by atoms with van der Waals surface area (Å²) in [6, 6.07) is 4.71. The molecule has 9 heteroatoms. The van der Waals surface area contributed by atoms with Gasteiger partial charge in [0.15, 0.2) is 6.10 Å². The molecule has 3 aliphatic heterocycles. The number of aliphatic hydroxyl groups is 1. The topological polar surface area (TPSA) is 114 Å². The molecule has 1 aromatic rings. The van der Waals surface area contributed by atoms with Gasteiger partial charge < -0.3 is 24.6 Å². The van der Waals surface area contributed by atoms with Crippen LogP contribution in [0, 0.1) is 5.82 Å². The van der Waals surface area contributed by atoms with Gasteiger partial charge in [0.2, 0.25) is 17.3 Å². The van der Waals surface area contributed by atoms with Crippen molar-refractivity contribution < 1.29 is 38.1 Å². The fraction of sp³-hybridized carbons (Fsp3) is 0.409. The maximum Gasteiger partial charge on any atom is 0.278 e. The number of Topliss-reactive ketones (excluding diaryl/α,β-unsaturated/α-hetero) is 2. The number of ether oxygens (including phenoxy) is 3. The Hall–Kier alpha value is -2.88. The number of epoxide rings is 1. The average Bonchev–Trinajstić information content (AvgIpc) is 3.43. The van der Waals surface area contributed by atoms with Gasteiger partial charge in [-0.1, -0.05) is 31.2 Å². The number of allylic oxidation sites excluding steroid dienone is 1. The molecule has 164 valence electrons. The van der Waals surface area contributed by atoms with Gasteiger partial charge >= 0.3 is 0 Å². The largest absolute Gasteiger partial charge is 0.467 e. The van der Waals surface area contributed by atoms with Crippen molar-refractivity contribution in [2.45, 2.75) is 49.9 Å². The Morgan fingerprint density at radius 1 is 1.39 bits per heavy atom. The molecule has 8 nitrogen and oxygen atoms in total. The molecule has 0 unspecified atom stereocenters. The standard InChI is InChI=1S/C22H22FNO7/c1-4-5-9-14-16(30-14)15-11(2)17(25)21(31-15)19(27)22(29-3,24-20(21)28)18(26)12-7-6-8-13(23)10-12/h5-10,14,16,19,27H,4H2,1-3H3,(H,24,28)/b9-5-/t14-,16+,19-,21-,22-/m1/s1. The number of ketones is 2. The molecule has 1 amide bonds. The van der Waals surface area contributed by atoms with Crippen LogP contribution in [0.25, 0.3) is 0 Å². The highest BCUT2D eigenvalue weighted by molar-refractivity contribution is 6.23. The molecule has 5 atom stereocenters. The summed E-state index contributed by atoms with van der Waals surface area (Å²) in [5, 5.41) is 13.4. The molecule has 0 radical (unpaired) electrons. The van der Waals surface area contributed by atoms with Gasteiger partial charge in [0.25, 0.3) is 11.5 Å². The number of rotatable bonds is 6. The zero-order valence-corrected chi connectivity index (χ0v) is 17.2. The zero-order valence-electron chi connectivity index (χ0n) is 17.2. The van der Waals surface area contributed by atoms with E-state index in [0.717, 1.165) is 25.7 Å². The van der Waals surface area contributed by atoms with Crippen LogP contribution in [0.3, 0.4) is 0 Å². The summed E-state index contributed by atoms with van der Waals surface area (Å²) in [7, 11) is 1.09. The van der Waals surface area contributed by atoms with Gasteiger partial charge in [0, 0.05) is 18.2 Å². The fourth-order valence-electron chi connectivity index (χ4n) is 4.06. The van der Waals surface area contributed by atoms with Crippen molar-refractivity contribution in [1.82, 2.24) is 5.32 Å². The summed E-state index contributed by atoms with van der Waals surface area (Å²) in [5.74, 6) is -3.27. The third-order valence-corrected chi connectivity index (χ3v) is 5.82. The van der Waals surface area contributed by atoms with Crippen LogP contribution in [0.15, 0.2) is 47.7 Å². The molecule has 0 bridgehead atoms. The first-order valence-electron chi connectivity index (χ1n) is 9.85. The molecule has 1 aromatic carbocycles. The SMILES string of the molecule is CC/C=C\[C@H]1O[C@@H]1C1=C(C)C(=O)[C@]2(O1)C(=O)N[C@@](OC)(C(=O)c1cccc(F)c1)[C@@H]2O. The van der Waals surface area contributed by atoms with Crippen LogP contribution < -0.4 is 5.32 Å². The summed E-state index contributed by atoms with van der Waals surface area (Å²) in [6.07, 6.45) is 1.61. The van der Waals surface area contributed by atoms with Crippen LogP contribution in [0.2, 0.25) is 0 Å². The number of carbonyl (C=O) groups is 3. The summed E-state index contributed by atoms with van der Waals surface area (Å²) in [5.41, 5.74) is -4.76. The molecule has 2 saturated heterocycles. The number of aliphatic hydroxyl groups excluding tert-OH is 1. The van der Waals surface area contributed by atoms with E-state index in [0.29, 0.717) is 0 Å². The van der Waals surface area contributed by atoms with E-state index in [-0.39, 0.29) is 23.0 Å². The molecule has 2 fully saturated rings. The number of nitrogens with one attached hydrogen (secondary N) is 1. The molecule has 3 aliphatic rings. The molecule has 2 N–H and O–H groups in total. The van der Waals surface area contributed by atoms with Crippen LogP contribution in [0.4, 0.5) is 4.39 Å². The van der Waals surface area contributed by atoms with E-state index in [4.69, 9.17) is 14.2 Å². The van der Waals surface area contributed by atoms with E-state index in [9.17, 15) is 23.9 Å². The lowest BCUT2D eigenvalue weighted by Crippen LogP contribution is -2.60. The molecular weight excluding hydrogens is 409 g/mol. The van der Waals surface area contributed by atoms with E-state index in [1.807, 2.05) is 19.1 Å². The second-order valence-electron chi connectivity index (χ2n) is 7.65. The van der Waals surface area contributed by atoms with Crippen molar-refractivity contribution >= 4 is 17.5 Å². The average molecular weight is 431 g/mol. The highest BCUT2D eigenvalue weighted by Crippen LogP contribution is 2.47. The Kier molecular flexibility index (Phi) is 5.07. The molecule has 1 spiro atoms. The van der Waals surface area contributed by atoms with Crippen molar-refractivity contribution in [3.8, 4) is 0 Å². The fourth-order valence-corrected chi connectivity index (χ4v) is 4.06. The molecule has 0 saturated carbocycles. The molecule has 31 heavy (non-hydrogen) atoms. The number of carbonyl (C=O) groups excluding carboxylic acids is 3. The third-order valence-electron chi connectivity index (χ3n) is 5.82. The molecule has 0 aliphatic carbocycles. The van der Waals surface area contributed by atoms with Gasteiger partial charge in [-0.05, 0) is 25.5 Å². The number of benzene rings is 1. The Morgan fingerprint density at radius 2 is 2.13 bits per heavy atom. The van der Waals surface area contributed by atoms with Crippen molar-refractivity contribution in [2.75, 3.05) is 7.11 Å². The van der Waals surface area contributed by atoms with E-state index in [1.165, 1.54) is 19.1 Å². The summed E-state index contributed by atoms with van der Waals surface area (Å²) < 4.78 is 30.2. The minimum atomic E-state index is -2.40. The maximum atomic E-state index is 13.6. The van der Waals surface area contributed by atoms with Crippen molar-refractivity contribution in [3.05, 3.63) is 59.1 Å². The van der Waals surface area contributed by atoms with Crippen LogP contribution in [0.1, 0.15) is 30.6 Å². The van der Waals surface area contributed by atoms with Gasteiger partial charge in [-0.2, -0.15) is 0 Å². The highest BCUT2D eigenvalue weighted by Gasteiger charge is 2.74. The smallest absolute Gasteiger partial charge is 0.278 e. The van der Waals surface area contributed by atoms with E-state index < -0.39 is 46.8 Å². The second-order valence-corrected chi connectivity index (χ2v) is 7.65. The number of halogens is 1. The molecule has 3 heterocycles. The van der Waals surface area contributed by atoms with Crippen LogP contribution >= 0.6 is 0 Å². The summed E-state index contributed by atoms with van der Waals surface area (Å²) in [6.45, 7) is 3.43. The predicted octanol–water partition coefficient (Wildman–Crippen LogP) is 1.19. The Morgan fingerprint density at radius 3 is 2.77 bits per heavy atom. The number of methoxy groups -OCH3 is 1. The minimum absolute atomic E-state index is 0.122. The van der Waals surface area contributed by atoms with E-state index in [1.54, 1.807) is 0 Å². The number of amides is 1. The van der Waals surface area contributed by atoms with E-state index in [2.05, 4.69) is 5.32 Å². The van der Waals surface area contributed by atoms with Gasteiger partial charge in [-0.3, -0.25) is 14.4 Å². The quantitative estimate of drug-likeness (QED) is 0.301. The lowest BCUT2D eigenvalue weighted by molar-refractivity contribution is -0.160. The maximum absolute atomic E-state index is 13.6. The normalized spacial score (nSPS) is 34.5. The van der Waals surface area contributed by atoms with Crippen molar-refractivity contribution in [3.63, 3.8) is 0 Å². The summed E-state index contributed by atoms with van der Waals surface area (Å²) in [4.78, 5) is 39.3. The monoisotopic (exact) mass is 431 g/mol. The Labute approximate surface area is 177 Å². The van der Waals surface area contributed by atoms with Crippen LogP contribution in [-0.2, 0) is 23.8 Å². The van der Waals surface area contributed by atoms with Crippen molar-refractivity contribution in [1.29, 1.82) is 0 Å². The lowest BCUT2D eigenvalue weighted by atomic mass is 9.85. The van der Waals surface area contributed by atoms with Crippen LogP contribution in [0.5, 0.6) is 0 Å². The predicted molar refractivity (Wildman–Crippen MR) is 104 cm³/mol. The number of hydrogen-bond donors (Lipinski definition) is 2. The van der Waals surface area contributed by atoms with Gasteiger partial charge in [0.1, 0.15) is 23.8 Å². The highest BCUT2D eigenvalue weighted by atomic mass is 19.1. The van der Waals surface area contributed by atoms with Gasteiger partial charge in [-0.15, -0.1) is 0 Å². The lowest BCUT2D eigenvalue weighted by Gasteiger charge is -2.32. The minimum Gasteiger partial charge on any atom is -0.467 e. The first-order chi connectivity index (χ1) is 14.7. The number of hydrogen-bond acceptors (Lipinski definition) is 7. The summed E-state index contributed by atoms with van der Waals surface area (Å²) >= 11 is 0. The second kappa shape index (κ2) is 7.37. The van der Waals surface area contributed by atoms with Gasteiger partial charge in [0.05, 0.1) is 0 Å². The zero-order chi connectivity index (χ0) is 22.6. The van der Waals surface area contributed by atoms with Gasteiger partial charge in [-0.25, -0.2) is 4.39 Å². The van der Waals surface area contributed by atoms with Crippen molar-refractivity contribution in [2.24, 2.45) is 0 Å². The van der Waals surface area contributed by atoms with Crippen LogP contribution in [-0.4, -0.2) is 59.3 Å². The molecule has 4 rings (SSSR count). The molecular formula is C22H22FNO7. The first kappa shape index (κ1) is 21.4. The van der Waals surface area contributed by atoms with E-state index >= 15 is 0 Å². The molecule has 0 aromatic heterocycles. The Balaban J connectivity index is 1.68. The first-order valence-corrected chi connectivity index (χ1v) is 9.85. The third kappa shape index (κ3) is 2.95. The Bertz CT molecular complexity index is 1030.